The number of nitriles is 1. The predicted octanol–water partition coefficient (Wildman–Crippen LogP) is 6.22. The average Bonchev–Trinajstić information content (AvgIpc) is 2.50. The molecule has 2 nitrogen and oxygen atoms in total. The van der Waals surface area contributed by atoms with Gasteiger partial charge in [-0.05, 0) is 58.6 Å². The summed E-state index contributed by atoms with van der Waals surface area (Å²) in [4.78, 5) is 0. The summed E-state index contributed by atoms with van der Waals surface area (Å²) < 4.78 is 6.63. The molecular weight excluding hydrogens is 385 g/mol. The summed E-state index contributed by atoms with van der Waals surface area (Å²) in [5, 5.41) is 10.4. The molecule has 0 spiro atoms. The molecule has 0 aromatic heterocycles. The maximum atomic E-state index is 9.34. The average molecular weight is 399 g/mol. The highest BCUT2D eigenvalue weighted by molar-refractivity contribution is 9.10. The number of nitrogens with zero attached hydrogens (tertiary/aromatic N) is 1. The molecule has 0 saturated carbocycles. The van der Waals surface area contributed by atoms with Crippen molar-refractivity contribution in [2.24, 2.45) is 0 Å². The van der Waals surface area contributed by atoms with Crippen LogP contribution in [-0.4, -0.2) is 6.61 Å². The van der Waals surface area contributed by atoms with Crippen LogP contribution >= 0.6 is 39.1 Å². The van der Waals surface area contributed by atoms with E-state index in [1.807, 2.05) is 30.3 Å². The van der Waals surface area contributed by atoms with Crippen molar-refractivity contribution < 1.29 is 4.74 Å². The number of halogens is 3. The van der Waals surface area contributed by atoms with Gasteiger partial charge in [-0.2, -0.15) is 5.26 Å². The van der Waals surface area contributed by atoms with E-state index >= 15 is 0 Å². The minimum absolute atomic E-state index is 0.257. The van der Waals surface area contributed by atoms with Crippen LogP contribution in [0.2, 0.25) is 10.0 Å². The Morgan fingerprint density at radius 2 is 1.95 bits per heavy atom. The fourth-order valence-electron chi connectivity index (χ4n) is 2.11. The molecule has 0 radical (unpaired) electrons. The first-order valence-electron chi connectivity index (χ1n) is 6.83. The Morgan fingerprint density at radius 3 is 2.64 bits per heavy atom. The normalized spacial score (nSPS) is 11.7. The number of para-hydroxylation sites is 1. The molecule has 0 N–H and O–H groups in total. The molecule has 0 fully saturated rings. The van der Waals surface area contributed by atoms with Crippen LogP contribution in [0, 0.1) is 11.3 Å². The van der Waals surface area contributed by atoms with Crippen LogP contribution in [0.3, 0.4) is 0 Å². The van der Waals surface area contributed by atoms with Crippen LogP contribution in [0.4, 0.5) is 0 Å². The van der Waals surface area contributed by atoms with E-state index < -0.39 is 0 Å². The topological polar surface area (TPSA) is 33.0 Å². The molecule has 0 saturated heterocycles. The fraction of sp³-hybridized carbons (Fsp3) is 0.235. The molecule has 0 bridgehead atoms. The third kappa shape index (κ3) is 4.64. The second-order valence-corrected chi connectivity index (χ2v) is 6.47. The summed E-state index contributed by atoms with van der Waals surface area (Å²) in [6, 6.07) is 15.2. The molecule has 0 aliphatic rings. The van der Waals surface area contributed by atoms with Gasteiger partial charge in [0, 0.05) is 10.0 Å². The van der Waals surface area contributed by atoms with Crippen molar-refractivity contribution in [1.29, 1.82) is 5.26 Å². The maximum Gasteiger partial charge on any atom is 0.133 e. The van der Waals surface area contributed by atoms with Crippen molar-refractivity contribution in [1.82, 2.24) is 0 Å². The highest BCUT2D eigenvalue weighted by Gasteiger charge is 2.14. The van der Waals surface area contributed by atoms with Crippen molar-refractivity contribution in [2.75, 3.05) is 6.61 Å². The molecule has 1 atom stereocenters. The fourth-order valence-corrected chi connectivity index (χ4v) is 3.04. The molecule has 22 heavy (non-hydrogen) atoms. The lowest BCUT2D eigenvalue weighted by Crippen LogP contribution is -2.03. The minimum atomic E-state index is -0.257. The second kappa shape index (κ2) is 8.43. The first kappa shape index (κ1) is 17.1. The van der Waals surface area contributed by atoms with Crippen LogP contribution in [0.25, 0.3) is 0 Å². The van der Waals surface area contributed by atoms with Gasteiger partial charge >= 0.3 is 0 Å². The van der Waals surface area contributed by atoms with Crippen LogP contribution in [0.15, 0.2) is 46.9 Å². The zero-order valence-corrected chi connectivity index (χ0v) is 14.8. The molecular formula is C17H14BrCl2NO. The molecule has 2 aromatic carbocycles. The lowest BCUT2D eigenvalue weighted by molar-refractivity contribution is 0.303. The first-order chi connectivity index (χ1) is 10.6. The SMILES string of the molecule is N#C[C@@H](CCCOc1ccccc1Br)c1ccc(Cl)cc1Cl. The smallest absolute Gasteiger partial charge is 0.133 e. The van der Waals surface area contributed by atoms with Gasteiger partial charge in [-0.3, -0.25) is 0 Å². The molecule has 0 unspecified atom stereocenters. The third-order valence-electron chi connectivity index (χ3n) is 3.23. The van der Waals surface area contributed by atoms with Gasteiger partial charge in [0.2, 0.25) is 0 Å². The highest BCUT2D eigenvalue weighted by Crippen LogP contribution is 2.30. The van der Waals surface area contributed by atoms with E-state index in [2.05, 4.69) is 22.0 Å². The van der Waals surface area contributed by atoms with Gasteiger partial charge in [0.1, 0.15) is 5.75 Å². The van der Waals surface area contributed by atoms with Gasteiger partial charge < -0.3 is 4.74 Å². The van der Waals surface area contributed by atoms with Crippen LogP contribution < -0.4 is 4.74 Å². The van der Waals surface area contributed by atoms with E-state index in [0.717, 1.165) is 22.2 Å². The van der Waals surface area contributed by atoms with Crippen molar-refractivity contribution in [3.8, 4) is 11.8 Å². The number of rotatable bonds is 6. The van der Waals surface area contributed by atoms with E-state index in [1.165, 1.54) is 0 Å². The molecule has 0 heterocycles. The lowest BCUT2D eigenvalue weighted by Gasteiger charge is -2.12. The Labute approximate surface area is 148 Å². The van der Waals surface area contributed by atoms with Crippen molar-refractivity contribution in [2.45, 2.75) is 18.8 Å². The van der Waals surface area contributed by atoms with Gasteiger partial charge in [-0.15, -0.1) is 0 Å². The molecule has 2 aromatic rings. The summed E-state index contributed by atoms with van der Waals surface area (Å²) >= 11 is 15.5. The lowest BCUT2D eigenvalue weighted by atomic mass is 9.96. The second-order valence-electron chi connectivity index (χ2n) is 4.77. The van der Waals surface area contributed by atoms with Gasteiger partial charge in [-0.25, -0.2) is 0 Å². The van der Waals surface area contributed by atoms with E-state index in [0.29, 0.717) is 23.1 Å². The standard InChI is InChI=1S/C17H14BrCl2NO/c18-15-5-1-2-6-17(15)22-9-3-4-12(11-21)14-8-7-13(19)10-16(14)20/h1-2,5-8,10,12H,3-4,9H2/t12-/m1/s1. The number of hydrogen-bond donors (Lipinski definition) is 0. The Bertz CT molecular complexity index is 685. The van der Waals surface area contributed by atoms with E-state index in [9.17, 15) is 5.26 Å². The monoisotopic (exact) mass is 397 g/mol. The summed E-state index contributed by atoms with van der Waals surface area (Å²) in [6.07, 6.45) is 1.45. The molecule has 0 amide bonds. The number of benzene rings is 2. The predicted molar refractivity (Wildman–Crippen MR) is 93.7 cm³/mol. The number of hydrogen-bond acceptors (Lipinski definition) is 2. The quantitative estimate of drug-likeness (QED) is 0.541. The van der Waals surface area contributed by atoms with Gasteiger partial charge in [0.15, 0.2) is 0 Å². The summed E-state index contributed by atoms with van der Waals surface area (Å²) in [6.45, 7) is 0.548. The van der Waals surface area contributed by atoms with E-state index in [4.69, 9.17) is 27.9 Å². The highest BCUT2D eigenvalue weighted by atomic mass is 79.9. The minimum Gasteiger partial charge on any atom is -0.492 e. The van der Waals surface area contributed by atoms with Crippen molar-refractivity contribution in [3.63, 3.8) is 0 Å². The summed E-state index contributed by atoms with van der Waals surface area (Å²) in [5.41, 5.74) is 0.814. The molecule has 0 aliphatic heterocycles. The zero-order chi connectivity index (χ0) is 15.9. The van der Waals surface area contributed by atoms with Crippen LogP contribution in [0.1, 0.15) is 24.3 Å². The van der Waals surface area contributed by atoms with Crippen molar-refractivity contribution in [3.05, 3.63) is 62.5 Å². The van der Waals surface area contributed by atoms with Crippen molar-refractivity contribution >= 4 is 39.1 Å². The van der Waals surface area contributed by atoms with E-state index in [-0.39, 0.29) is 5.92 Å². The van der Waals surface area contributed by atoms with Gasteiger partial charge in [0.05, 0.1) is 23.1 Å². The Hall–Kier alpha value is -1.21. The Balaban J connectivity index is 1.89. The molecule has 5 heteroatoms. The molecule has 0 aliphatic carbocycles. The Kier molecular flexibility index (Phi) is 6.57. The van der Waals surface area contributed by atoms with Gasteiger partial charge in [-0.1, -0.05) is 41.4 Å². The summed E-state index contributed by atoms with van der Waals surface area (Å²) in [5.74, 6) is 0.549. The largest absolute Gasteiger partial charge is 0.492 e. The summed E-state index contributed by atoms with van der Waals surface area (Å²) in [7, 11) is 0. The Morgan fingerprint density at radius 1 is 1.18 bits per heavy atom. The zero-order valence-electron chi connectivity index (χ0n) is 11.7. The molecule has 2 rings (SSSR count). The maximum absolute atomic E-state index is 9.34. The van der Waals surface area contributed by atoms with Crippen LogP contribution in [0.5, 0.6) is 5.75 Å². The first-order valence-corrected chi connectivity index (χ1v) is 8.38. The van der Waals surface area contributed by atoms with Crippen LogP contribution in [-0.2, 0) is 0 Å². The molecule has 114 valence electrons. The number of ether oxygens (including phenoxy) is 1. The van der Waals surface area contributed by atoms with E-state index in [1.54, 1.807) is 12.1 Å². The third-order valence-corrected chi connectivity index (χ3v) is 4.44. The van der Waals surface area contributed by atoms with Gasteiger partial charge in [0.25, 0.3) is 0 Å².